The number of imidazole rings is 1. The number of nitrogens with zero attached hydrogens (tertiary/aromatic N) is 8. The molecule has 34 heavy (non-hydrogen) atoms. The van der Waals surface area contributed by atoms with Gasteiger partial charge in [-0.2, -0.15) is 0 Å². The molecule has 5 aromatic rings. The largest absolute Gasteiger partial charge is 0.378 e. The van der Waals surface area contributed by atoms with Gasteiger partial charge in [0.15, 0.2) is 11.6 Å². The van der Waals surface area contributed by atoms with Gasteiger partial charge in [-0.1, -0.05) is 6.07 Å². The van der Waals surface area contributed by atoms with Crippen molar-refractivity contribution in [3.8, 4) is 11.5 Å². The Bertz CT molecular complexity index is 1470. The number of nitrogens with one attached hydrogen (secondary N) is 1. The molecule has 0 unspecified atom stereocenters. The van der Waals surface area contributed by atoms with Crippen molar-refractivity contribution in [2.75, 3.05) is 43.6 Å². The predicted molar refractivity (Wildman–Crippen MR) is 130 cm³/mol. The minimum Gasteiger partial charge on any atom is -0.378 e. The normalized spacial score (nSPS) is 14.2. The number of benzene rings is 1. The molecule has 1 saturated heterocycles. The molecule has 0 saturated carbocycles. The fourth-order valence-electron chi connectivity index (χ4n) is 4.42. The Balaban J connectivity index is 1.55. The number of aromatic nitrogens is 7. The maximum Gasteiger partial charge on any atom is 0.203 e. The number of hydrogen-bond acceptors (Lipinski definition) is 8. The van der Waals surface area contributed by atoms with E-state index in [4.69, 9.17) is 14.7 Å². The van der Waals surface area contributed by atoms with Crippen LogP contribution >= 0.6 is 0 Å². The van der Waals surface area contributed by atoms with Crippen molar-refractivity contribution in [1.29, 1.82) is 0 Å². The minimum atomic E-state index is 0.578. The Hall–Kier alpha value is -4.05. The third-order valence-electron chi connectivity index (χ3n) is 6.18. The monoisotopic (exact) mass is 455 g/mol. The van der Waals surface area contributed by atoms with Crippen molar-refractivity contribution in [3.05, 3.63) is 60.3 Å². The van der Waals surface area contributed by atoms with E-state index in [9.17, 15) is 0 Å². The van der Waals surface area contributed by atoms with Gasteiger partial charge in [0.1, 0.15) is 11.5 Å². The molecule has 4 aromatic heterocycles. The first kappa shape index (κ1) is 20.5. The number of ether oxygens (including phenoxy) is 1. The molecule has 0 amide bonds. The van der Waals surface area contributed by atoms with Gasteiger partial charge in [-0.25, -0.2) is 9.97 Å². The zero-order valence-electron chi connectivity index (χ0n) is 19.1. The highest BCUT2D eigenvalue weighted by molar-refractivity contribution is 5.84. The number of hydrogen-bond donors (Lipinski definition) is 1. The van der Waals surface area contributed by atoms with Crippen LogP contribution in [0.25, 0.3) is 28.2 Å². The molecule has 6 rings (SSSR count). The third kappa shape index (κ3) is 3.52. The van der Waals surface area contributed by atoms with Crippen LogP contribution in [0.3, 0.4) is 0 Å². The number of morpholine rings is 1. The number of anilines is 2. The van der Waals surface area contributed by atoms with E-state index in [0.29, 0.717) is 18.0 Å². The summed E-state index contributed by atoms with van der Waals surface area (Å²) >= 11 is 0. The van der Waals surface area contributed by atoms with Gasteiger partial charge in [-0.3, -0.25) is 9.38 Å². The van der Waals surface area contributed by atoms with E-state index in [1.807, 2.05) is 49.0 Å². The van der Waals surface area contributed by atoms with Crippen LogP contribution < -0.4 is 10.2 Å². The number of fused-ring (bicyclic) bond motifs is 2. The highest BCUT2D eigenvalue weighted by Crippen LogP contribution is 2.30. The summed E-state index contributed by atoms with van der Waals surface area (Å²) in [4.78, 5) is 16.8. The quantitative estimate of drug-likeness (QED) is 0.432. The smallest absolute Gasteiger partial charge is 0.203 e. The fraction of sp³-hybridized carbons (Fsp3) is 0.292. The van der Waals surface area contributed by atoms with E-state index in [1.165, 1.54) is 5.69 Å². The van der Waals surface area contributed by atoms with Gasteiger partial charge in [0.2, 0.25) is 5.65 Å². The first-order chi connectivity index (χ1) is 16.7. The standard InChI is InChI=1S/C24H25N9O/c1-16-29-30-24-22(25-2)27-20(15-32(16)24)23-28-19-7-6-18(31-9-11-34-12-10-31)13-21(19)33(23)14-17-5-3-4-8-26-17/h3-8,13,15H,9-12,14H2,1-2H3,(H,25,27). The van der Waals surface area contributed by atoms with Crippen LogP contribution in [0.15, 0.2) is 48.8 Å². The summed E-state index contributed by atoms with van der Waals surface area (Å²) in [5, 5.41) is 11.6. The minimum absolute atomic E-state index is 0.578. The molecule has 1 fully saturated rings. The maximum atomic E-state index is 5.54. The van der Waals surface area contributed by atoms with Gasteiger partial charge in [-0.15, -0.1) is 10.2 Å². The lowest BCUT2D eigenvalue weighted by Crippen LogP contribution is -2.36. The van der Waals surface area contributed by atoms with Gasteiger partial charge in [-0.05, 0) is 37.3 Å². The average molecular weight is 456 g/mol. The highest BCUT2D eigenvalue weighted by Gasteiger charge is 2.20. The zero-order chi connectivity index (χ0) is 23.1. The molecular formula is C24H25N9O. The summed E-state index contributed by atoms with van der Waals surface area (Å²) in [6.45, 7) is 5.74. The first-order valence-corrected chi connectivity index (χ1v) is 11.3. The molecule has 172 valence electrons. The van der Waals surface area contributed by atoms with Crippen molar-refractivity contribution in [2.24, 2.45) is 0 Å². The van der Waals surface area contributed by atoms with Gasteiger partial charge in [0.25, 0.3) is 0 Å². The third-order valence-corrected chi connectivity index (χ3v) is 6.18. The van der Waals surface area contributed by atoms with E-state index in [0.717, 1.165) is 60.4 Å². The lowest BCUT2D eigenvalue weighted by Gasteiger charge is -2.28. The summed E-state index contributed by atoms with van der Waals surface area (Å²) < 4.78 is 9.67. The Morgan fingerprint density at radius 3 is 2.74 bits per heavy atom. The molecule has 10 nitrogen and oxygen atoms in total. The molecule has 0 radical (unpaired) electrons. The van der Waals surface area contributed by atoms with Crippen molar-refractivity contribution < 1.29 is 4.74 Å². The Kier molecular flexibility index (Phi) is 5.06. The Labute approximate surface area is 196 Å². The van der Waals surface area contributed by atoms with Crippen molar-refractivity contribution >= 4 is 28.2 Å². The number of pyridine rings is 1. The number of aryl methyl sites for hydroxylation is 1. The van der Waals surface area contributed by atoms with Gasteiger partial charge < -0.3 is 19.5 Å². The summed E-state index contributed by atoms with van der Waals surface area (Å²) in [6, 6.07) is 12.4. The Morgan fingerprint density at radius 1 is 1.06 bits per heavy atom. The van der Waals surface area contributed by atoms with Crippen molar-refractivity contribution in [1.82, 2.24) is 34.1 Å². The summed E-state index contributed by atoms with van der Waals surface area (Å²) in [5.74, 6) is 2.21. The van der Waals surface area contributed by atoms with Gasteiger partial charge >= 0.3 is 0 Å². The summed E-state index contributed by atoms with van der Waals surface area (Å²) in [7, 11) is 1.83. The van der Waals surface area contributed by atoms with Crippen LogP contribution in [0.2, 0.25) is 0 Å². The second-order valence-corrected chi connectivity index (χ2v) is 8.28. The molecule has 0 atom stereocenters. The second-order valence-electron chi connectivity index (χ2n) is 8.28. The lowest BCUT2D eigenvalue weighted by atomic mass is 10.2. The molecule has 1 aromatic carbocycles. The van der Waals surface area contributed by atoms with Crippen LogP contribution in [0.5, 0.6) is 0 Å². The van der Waals surface area contributed by atoms with E-state index in [-0.39, 0.29) is 0 Å². The molecule has 1 N–H and O–H groups in total. The molecule has 10 heteroatoms. The summed E-state index contributed by atoms with van der Waals surface area (Å²) in [5.41, 5.74) is 5.49. The van der Waals surface area contributed by atoms with E-state index < -0.39 is 0 Å². The first-order valence-electron chi connectivity index (χ1n) is 11.3. The fourth-order valence-corrected chi connectivity index (χ4v) is 4.42. The zero-order valence-corrected chi connectivity index (χ0v) is 19.1. The molecule has 0 spiro atoms. The van der Waals surface area contributed by atoms with Crippen LogP contribution in [0.1, 0.15) is 11.5 Å². The highest BCUT2D eigenvalue weighted by atomic mass is 16.5. The molecule has 0 aliphatic carbocycles. The van der Waals surface area contributed by atoms with Gasteiger partial charge in [0.05, 0.1) is 36.5 Å². The van der Waals surface area contributed by atoms with E-state index in [2.05, 4.69) is 48.2 Å². The van der Waals surface area contributed by atoms with Crippen LogP contribution in [0.4, 0.5) is 11.5 Å². The molecular weight excluding hydrogens is 430 g/mol. The molecule has 1 aliphatic heterocycles. The van der Waals surface area contributed by atoms with Crippen LogP contribution in [-0.4, -0.2) is 67.5 Å². The number of rotatable bonds is 5. The average Bonchev–Trinajstić information content (AvgIpc) is 3.44. The topological polar surface area (TPSA) is 98.3 Å². The van der Waals surface area contributed by atoms with Crippen LogP contribution in [-0.2, 0) is 11.3 Å². The van der Waals surface area contributed by atoms with Crippen LogP contribution in [0, 0.1) is 6.92 Å². The molecule has 5 heterocycles. The van der Waals surface area contributed by atoms with Crippen molar-refractivity contribution in [2.45, 2.75) is 13.5 Å². The SMILES string of the molecule is CNc1nc(-c2nc3ccc(N4CCOCC4)cc3n2Cc2ccccn2)cn2c(C)nnc12. The summed E-state index contributed by atoms with van der Waals surface area (Å²) in [6.07, 6.45) is 3.77. The Morgan fingerprint density at radius 2 is 1.94 bits per heavy atom. The van der Waals surface area contributed by atoms with E-state index in [1.54, 1.807) is 0 Å². The predicted octanol–water partition coefficient (Wildman–Crippen LogP) is 2.77. The molecule has 1 aliphatic rings. The maximum absolute atomic E-state index is 5.54. The van der Waals surface area contributed by atoms with Crippen molar-refractivity contribution in [3.63, 3.8) is 0 Å². The van der Waals surface area contributed by atoms with E-state index >= 15 is 0 Å². The molecule has 0 bridgehead atoms. The van der Waals surface area contributed by atoms with Gasteiger partial charge in [0, 0.05) is 38.2 Å². The lowest BCUT2D eigenvalue weighted by molar-refractivity contribution is 0.122. The second kappa shape index (κ2) is 8.38.